The Morgan fingerprint density at radius 1 is 1.03 bits per heavy atom. The van der Waals surface area contributed by atoms with Gasteiger partial charge >= 0.3 is 0 Å². The number of nitrogens with zero attached hydrogens (tertiary/aromatic N) is 3. The Hall–Kier alpha value is -4.14. The third kappa shape index (κ3) is 4.95. The minimum atomic E-state index is -0.611. The predicted octanol–water partition coefficient (Wildman–Crippen LogP) is 4.82. The molecule has 180 valence electrons. The Bertz CT molecular complexity index is 1620. The van der Waals surface area contributed by atoms with Crippen LogP contribution in [0.15, 0.2) is 77.9 Å². The Balaban J connectivity index is 1.54. The second-order valence-corrected chi connectivity index (χ2v) is 8.87. The molecule has 0 bridgehead atoms. The summed E-state index contributed by atoms with van der Waals surface area (Å²) in [4.78, 5) is 34.3. The molecule has 0 atom stereocenters. The SMILES string of the molecule is NC(=O)c1ccc(OCc2nc3ccc(-c4ccc(=O)[nH]c4)cc3n2Cc2cc(Cl)ccc2Cl)cn1. The topological polar surface area (TPSA) is 116 Å². The molecule has 36 heavy (non-hydrogen) atoms. The van der Waals surface area contributed by atoms with E-state index in [0.717, 1.165) is 27.7 Å². The van der Waals surface area contributed by atoms with Gasteiger partial charge in [0.2, 0.25) is 5.56 Å². The first-order valence-electron chi connectivity index (χ1n) is 10.9. The number of primary amides is 1. The molecule has 0 unspecified atom stereocenters. The van der Waals surface area contributed by atoms with E-state index in [-0.39, 0.29) is 17.9 Å². The molecular weight excluding hydrogens is 501 g/mol. The number of rotatable bonds is 7. The van der Waals surface area contributed by atoms with Gasteiger partial charge in [-0.3, -0.25) is 9.59 Å². The molecule has 0 spiro atoms. The molecule has 3 heterocycles. The number of carbonyl (C=O) groups is 1. The molecule has 0 saturated carbocycles. The Morgan fingerprint density at radius 2 is 1.86 bits per heavy atom. The van der Waals surface area contributed by atoms with E-state index in [2.05, 4.69) is 9.97 Å². The summed E-state index contributed by atoms with van der Waals surface area (Å²) in [5, 5.41) is 1.15. The number of imidazole rings is 1. The highest BCUT2D eigenvalue weighted by Gasteiger charge is 2.15. The summed E-state index contributed by atoms with van der Waals surface area (Å²) in [5.41, 5.74) is 9.47. The summed E-state index contributed by atoms with van der Waals surface area (Å²) < 4.78 is 7.93. The van der Waals surface area contributed by atoms with Crippen molar-refractivity contribution >= 4 is 40.1 Å². The van der Waals surface area contributed by atoms with Crippen molar-refractivity contribution in [2.45, 2.75) is 13.2 Å². The first-order chi connectivity index (χ1) is 17.4. The maximum Gasteiger partial charge on any atom is 0.267 e. The highest BCUT2D eigenvalue weighted by Crippen LogP contribution is 2.28. The molecule has 3 aromatic heterocycles. The van der Waals surface area contributed by atoms with Gasteiger partial charge < -0.3 is 20.0 Å². The number of halogens is 2. The Morgan fingerprint density at radius 3 is 2.58 bits per heavy atom. The number of carbonyl (C=O) groups excluding carboxylic acids is 1. The summed E-state index contributed by atoms with van der Waals surface area (Å²) in [6.45, 7) is 0.543. The summed E-state index contributed by atoms with van der Waals surface area (Å²) in [7, 11) is 0. The van der Waals surface area contributed by atoms with E-state index in [9.17, 15) is 9.59 Å². The van der Waals surface area contributed by atoms with Crippen LogP contribution in [-0.4, -0.2) is 25.4 Å². The lowest BCUT2D eigenvalue weighted by atomic mass is 10.1. The second kappa shape index (κ2) is 9.85. The van der Waals surface area contributed by atoms with Crippen molar-refractivity contribution in [1.82, 2.24) is 19.5 Å². The molecule has 0 aliphatic rings. The van der Waals surface area contributed by atoms with Gasteiger partial charge in [-0.2, -0.15) is 0 Å². The third-order valence-corrected chi connectivity index (χ3v) is 6.24. The molecule has 5 aromatic rings. The smallest absolute Gasteiger partial charge is 0.267 e. The Labute approximate surface area is 215 Å². The van der Waals surface area contributed by atoms with Crippen LogP contribution in [0, 0.1) is 0 Å². The molecular formula is C26H19Cl2N5O3. The van der Waals surface area contributed by atoms with Crippen LogP contribution in [0.5, 0.6) is 5.75 Å². The number of aromatic amines is 1. The normalized spacial score (nSPS) is 11.1. The van der Waals surface area contributed by atoms with Crippen LogP contribution >= 0.6 is 23.2 Å². The standard InChI is InChI=1S/C26H19Cl2N5O3/c27-18-3-5-20(28)17(9-18)13-33-23-10-15(16-2-8-25(34)31-11-16)1-6-21(23)32-24(33)14-36-19-4-7-22(26(29)35)30-12-19/h1-12H,13-14H2,(H2,29,35)(H,31,34). The van der Waals surface area contributed by atoms with Crippen molar-refractivity contribution < 1.29 is 9.53 Å². The highest BCUT2D eigenvalue weighted by atomic mass is 35.5. The number of pyridine rings is 2. The Kier molecular flexibility index (Phi) is 6.45. The minimum absolute atomic E-state index is 0.137. The van der Waals surface area contributed by atoms with E-state index in [1.807, 2.05) is 28.8 Å². The average molecular weight is 520 g/mol. The largest absolute Gasteiger partial charge is 0.484 e. The molecule has 10 heteroatoms. The lowest BCUT2D eigenvalue weighted by Gasteiger charge is -2.13. The second-order valence-electron chi connectivity index (χ2n) is 8.03. The predicted molar refractivity (Wildman–Crippen MR) is 138 cm³/mol. The first-order valence-corrected chi connectivity index (χ1v) is 11.6. The quantitative estimate of drug-likeness (QED) is 0.319. The first kappa shape index (κ1) is 23.6. The van der Waals surface area contributed by atoms with E-state index in [4.69, 9.17) is 38.7 Å². The van der Waals surface area contributed by atoms with E-state index in [1.54, 1.807) is 30.5 Å². The summed E-state index contributed by atoms with van der Waals surface area (Å²) in [6, 6.07) is 17.5. The molecule has 8 nitrogen and oxygen atoms in total. The van der Waals surface area contributed by atoms with Crippen LogP contribution in [0.4, 0.5) is 0 Å². The van der Waals surface area contributed by atoms with Gasteiger partial charge in [-0.15, -0.1) is 0 Å². The summed E-state index contributed by atoms with van der Waals surface area (Å²) >= 11 is 12.7. The number of ether oxygens (including phenoxy) is 1. The van der Waals surface area contributed by atoms with E-state index < -0.39 is 5.91 Å². The van der Waals surface area contributed by atoms with E-state index in [1.165, 1.54) is 18.3 Å². The van der Waals surface area contributed by atoms with Crippen molar-refractivity contribution in [3.8, 4) is 16.9 Å². The lowest BCUT2D eigenvalue weighted by Crippen LogP contribution is -2.13. The molecule has 2 aromatic carbocycles. The van der Waals surface area contributed by atoms with Crippen molar-refractivity contribution in [3.05, 3.63) is 111 Å². The minimum Gasteiger partial charge on any atom is -0.484 e. The van der Waals surface area contributed by atoms with Crippen LogP contribution in [0.2, 0.25) is 10.0 Å². The van der Waals surface area contributed by atoms with Crippen molar-refractivity contribution in [3.63, 3.8) is 0 Å². The van der Waals surface area contributed by atoms with Gasteiger partial charge in [-0.25, -0.2) is 9.97 Å². The number of hydrogen-bond donors (Lipinski definition) is 2. The fraction of sp³-hybridized carbons (Fsp3) is 0.0769. The number of hydrogen-bond acceptors (Lipinski definition) is 5. The van der Waals surface area contributed by atoms with Gasteiger partial charge in [0.15, 0.2) is 0 Å². The maximum atomic E-state index is 11.5. The fourth-order valence-electron chi connectivity index (χ4n) is 3.82. The van der Waals surface area contributed by atoms with Crippen LogP contribution in [0.3, 0.4) is 0 Å². The molecule has 1 amide bonds. The van der Waals surface area contributed by atoms with Crippen molar-refractivity contribution in [2.75, 3.05) is 0 Å². The molecule has 0 saturated heterocycles. The van der Waals surface area contributed by atoms with E-state index >= 15 is 0 Å². The van der Waals surface area contributed by atoms with Crippen molar-refractivity contribution in [2.24, 2.45) is 5.73 Å². The van der Waals surface area contributed by atoms with Gasteiger partial charge in [0.05, 0.1) is 23.8 Å². The number of H-pyrrole nitrogens is 1. The summed E-state index contributed by atoms with van der Waals surface area (Å²) in [6.07, 6.45) is 3.11. The molecule has 3 N–H and O–H groups in total. The van der Waals surface area contributed by atoms with Crippen LogP contribution in [0.25, 0.3) is 22.2 Å². The van der Waals surface area contributed by atoms with Gasteiger partial charge in [-0.1, -0.05) is 29.3 Å². The number of aromatic nitrogens is 4. The number of nitrogens with two attached hydrogens (primary N) is 1. The third-order valence-electron chi connectivity index (χ3n) is 5.64. The number of fused-ring (bicyclic) bond motifs is 1. The monoisotopic (exact) mass is 519 g/mol. The number of benzene rings is 2. The molecule has 5 rings (SSSR count). The number of amides is 1. The fourth-order valence-corrected chi connectivity index (χ4v) is 4.20. The maximum absolute atomic E-state index is 11.5. The van der Waals surface area contributed by atoms with Crippen LogP contribution in [0.1, 0.15) is 21.9 Å². The zero-order chi connectivity index (χ0) is 25.2. The molecule has 0 aliphatic heterocycles. The molecule has 0 fully saturated rings. The highest BCUT2D eigenvalue weighted by molar-refractivity contribution is 6.33. The zero-order valence-electron chi connectivity index (χ0n) is 18.7. The van der Waals surface area contributed by atoms with Crippen molar-refractivity contribution in [1.29, 1.82) is 0 Å². The summed E-state index contributed by atoms with van der Waals surface area (Å²) in [5.74, 6) is 0.506. The zero-order valence-corrected chi connectivity index (χ0v) is 20.3. The molecule has 0 aliphatic carbocycles. The van der Waals surface area contributed by atoms with Crippen LogP contribution < -0.4 is 16.0 Å². The van der Waals surface area contributed by atoms with Gasteiger partial charge in [0.1, 0.15) is 23.9 Å². The molecule has 0 radical (unpaired) electrons. The van der Waals surface area contributed by atoms with Crippen LogP contribution in [-0.2, 0) is 13.2 Å². The van der Waals surface area contributed by atoms with Gasteiger partial charge in [0, 0.05) is 22.3 Å². The van der Waals surface area contributed by atoms with Gasteiger partial charge in [-0.05, 0) is 65.2 Å². The van der Waals surface area contributed by atoms with Gasteiger partial charge in [0.25, 0.3) is 5.91 Å². The average Bonchev–Trinajstić information content (AvgIpc) is 3.22. The lowest BCUT2D eigenvalue weighted by molar-refractivity contribution is 0.0995. The van der Waals surface area contributed by atoms with E-state index in [0.29, 0.717) is 28.2 Å². The number of nitrogens with one attached hydrogen (secondary N) is 1.